The second-order valence-corrected chi connectivity index (χ2v) is 9.68. The number of amides is 1. The van der Waals surface area contributed by atoms with Crippen LogP contribution in [0.1, 0.15) is 31.2 Å². The molecular weight excluding hydrogens is 416 g/mol. The Kier molecular flexibility index (Phi) is 6.35. The Morgan fingerprint density at radius 3 is 2.69 bits per heavy atom. The van der Waals surface area contributed by atoms with E-state index in [4.69, 9.17) is 11.6 Å². The second-order valence-electron chi connectivity index (χ2n) is 7.37. The van der Waals surface area contributed by atoms with Crippen LogP contribution in [0, 0.1) is 12.8 Å². The molecule has 3 heterocycles. The number of piperidine rings is 1. The van der Waals surface area contributed by atoms with Gasteiger partial charge in [-0.25, -0.2) is 8.42 Å². The van der Waals surface area contributed by atoms with Crippen LogP contribution in [0.25, 0.3) is 0 Å². The molecule has 0 bridgehead atoms. The molecule has 1 aliphatic heterocycles. The standard InChI is InChI=1S/C18H27ClN6O3S/c1-5-25-16(15(19)9-21-25)12-22(3)18(26)14-7-6-8-24(11-14)29(27,28)17-10-20-23(4)13(17)2/h9-10,14H,5-8,11-12H2,1-4H3/t14-/m1/s1. The average molecular weight is 443 g/mol. The third-order valence-corrected chi connectivity index (χ3v) is 7.79. The van der Waals surface area contributed by atoms with E-state index in [0.29, 0.717) is 43.2 Å². The molecule has 3 rings (SSSR count). The van der Waals surface area contributed by atoms with Crippen molar-refractivity contribution in [3.8, 4) is 0 Å². The van der Waals surface area contributed by atoms with Crippen molar-refractivity contribution in [3.05, 3.63) is 28.8 Å². The number of hydrogen-bond acceptors (Lipinski definition) is 5. The van der Waals surface area contributed by atoms with Gasteiger partial charge in [-0.15, -0.1) is 0 Å². The van der Waals surface area contributed by atoms with E-state index >= 15 is 0 Å². The number of aromatic nitrogens is 4. The van der Waals surface area contributed by atoms with Crippen LogP contribution in [-0.2, 0) is 35.0 Å². The van der Waals surface area contributed by atoms with Crippen LogP contribution in [-0.4, -0.2) is 63.2 Å². The van der Waals surface area contributed by atoms with Gasteiger partial charge in [0.2, 0.25) is 15.9 Å². The molecule has 11 heteroatoms. The van der Waals surface area contributed by atoms with Crippen molar-refractivity contribution >= 4 is 27.5 Å². The molecule has 0 unspecified atom stereocenters. The predicted molar refractivity (Wildman–Crippen MR) is 109 cm³/mol. The molecule has 0 N–H and O–H groups in total. The van der Waals surface area contributed by atoms with Crippen molar-refractivity contribution in [2.24, 2.45) is 13.0 Å². The molecule has 29 heavy (non-hydrogen) atoms. The minimum atomic E-state index is -3.69. The van der Waals surface area contributed by atoms with E-state index in [0.717, 1.165) is 5.69 Å². The van der Waals surface area contributed by atoms with Crippen LogP contribution < -0.4 is 0 Å². The van der Waals surface area contributed by atoms with Crippen LogP contribution in [0.2, 0.25) is 5.02 Å². The fourth-order valence-corrected chi connectivity index (χ4v) is 5.58. The fraction of sp³-hybridized carbons (Fsp3) is 0.611. The Labute approximate surface area is 176 Å². The number of rotatable bonds is 6. The van der Waals surface area contributed by atoms with Crippen molar-refractivity contribution in [1.82, 2.24) is 28.8 Å². The molecule has 1 fully saturated rings. The molecule has 1 atom stereocenters. The van der Waals surface area contributed by atoms with Crippen molar-refractivity contribution in [3.63, 3.8) is 0 Å². The van der Waals surface area contributed by atoms with Crippen molar-refractivity contribution in [2.45, 2.75) is 44.7 Å². The number of sulfonamides is 1. The van der Waals surface area contributed by atoms with E-state index in [1.54, 1.807) is 36.8 Å². The highest BCUT2D eigenvalue weighted by Gasteiger charge is 2.36. The zero-order valence-corrected chi connectivity index (χ0v) is 18.7. The number of aryl methyl sites for hydroxylation is 2. The number of nitrogens with zero attached hydrogens (tertiary/aromatic N) is 6. The molecule has 2 aromatic heterocycles. The highest BCUT2D eigenvalue weighted by molar-refractivity contribution is 7.89. The summed E-state index contributed by atoms with van der Waals surface area (Å²) >= 11 is 6.21. The summed E-state index contributed by atoms with van der Waals surface area (Å²) < 4.78 is 30.8. The van der Waals surface area contributed by atoms with Gasteiger partial charge < -0.3 is 4.90 Å². The Bertz CT molecular complexity index is 999. The lowest BCUT2D eigenvalue weighted by Crippen LogP contribution is -2.45. The van der Waals surface area contributed by atoms with Gasteiger partial charge >= 0.3 is 0 Å². The third kappa shape index (κ3) is 4.19. The first-order valence-electron chi connectivity index (χ1n) is 9.60. The number of carbonyl (C=O) groups is 1. The van der Waals surface area contributed by atoms with E-state index in [-0.39, 0.29) is 17.3 Å². The normalized spacial score (nSPS) is 18.2. The third-order valence-electron chi connectivity index (χ3n) is 5.50. The molecular formula is C18H27ClN6O3S. The van der Waals surface area contributed by atoms with Crippen LogP contribution in [0.5, 0.6) is 0 Å². The van der Waals surface area contributed by atoms with Gasteiger partial charge in [0.05, 0.1) is 41.3 Å². The summed E-state index contributed by atoms with van der Waals surface area (Å²) in [4.78, 5) is 14.8. The topological polar surface area (TPSA) is 93.3 Å². The first-order chi connectivity index (χ1) is 13.7. The fourth-order valence-electron chi connectivity index (χ4n) is 3.66. The van der Waals surface area contributed by atoms with Gasteiger partial charge in [-0.05, 0) is 26.7 Å². The minimum absolute atomic E-state index is 0.0901. The smallest absolute Gasteiger partial charge is 0.246 e. The summed E-state index contributed by atoms with van der Waals surface area (Å²) in [6.45, 7) is 5.24. The summed E-state index contributed by atoms with van der Waals surface area (Å²) in [6.07, 6.45) is 4.23. The molecule has 0 aliphatic carbocycles. The van der Waals surface area contributed by atoms with Gasteiger partial charge in [-0.1, -0.05) is 11.6 Å². The van der Waals surface area contributed by atoms with Gasteiger partial charge in [-0.2, -0.15) is 14.5 Å². The second kappa shape index (κ2) is 8.45. The number of halogens is 1. The summed E-state index contributed by atoms with van der Waals surface area (Å²) in [6, 6.07) is 0. The Balaban J connectivity index is 1.73. The first-order valence-corrected chi connectivity index (χ1v) is 11.4. The minimum Gasteiger partial charge on any atom is -0.340 e. The van der Waals surface area contributed by atoms with Crippen LogP contribution in [0.15, 0.2) is 17.3 Å². The monoisotopic (exact) mass is 442 g/mol. The van der Waals surface area contributed by atoms with E-state index in [1.807, 2.05) is 6.92 Å². The largest absolute Gasteiger partial charge is 0.340 e. The molecule has 1 saturated heterocycles. The summed E-state index contributed by atoms with van der Waals surface area (Å²) in [5.74, 6) is -0.481. The maximum atomic E-state index is 13.1. The highest BCUT2D eigenvalue weighted by atomic mass is 35.5. The molecule has 1 amide bonds. The molecule has 0 saturated carbocycles. The highest BCUT2D eigenvalue weighted by Crippen LogP contribution is 2.27. The van der Waals surface area contributed by atoms with Gasteiger partial charge in [0.15, 0.2) is 0 Å². The average Bonchev–Trinajstić information content (AvgIpc) is 3.23. The van der Waals surface area contributed by atoms with Gasteiger partial charge in [-0.3, -0.25) is 14.2 Å². The Morgan fingerprint density at radius 1 is 1.34 bits per heavy atom. The van der Waals surface area contributed by atoms with E-state index < -0.39 is 15.9 Å². The quantitative estimate of drug-likeness (QED) is 0.678. The zero-order chi connectivity index (χ0) is 21.3. The molecule has 9 nitrogen and oxygen atoms in total. The van der Waals surface area contributed by atoms with E-state index in [2.05, 4.69) is 10.2 Å². The molecule has 2 aromatic rings. The molecule has 0 spiro atoms. The number of hydrogen-bond donors (Lipinski definition) is 0. The Morgan fingerprint density at radius 2 is 2.07 bits per heavy atom. The van der Waals surface area contributed by atoms with Crippen molar-refractivity contribution < 1.29 is 13.2 Å². The van der Waals surface area contributed by atoms with Crippen LogP contribution >= 0.6 is 11.6 Å². The lowest BCUT2D eigenvalue weighted by Gasteiger charge is -2.33. The summed E-state index contributed by atoms with van der Waals surface area (Å²) in [5, 5.41) is 8.76. The molecule has 1 aliphatic rings. The lowest BCUT2D eigenvalue weighted by molar-refractivity contribution is -0.136. The molecule has 160 valence electrons. The van der Waals surface area contributed by atoms with Gasteiger partial charge in [0, 0.05) is 33.7 Å². The van der Waals surface area contributed by atoms with E-state index in [1.165, 1.54) is 15.2 Å². The Hall–Kier alpha value is -1.91. The first kappa shape index (κ1) is 21.8. The maximum Gasteiger partial charge on any atom is 0.246 e. The maximum absolute atomic E-state index is 13.1. The van der Waals surface area contributed by atoms with Crippen LogP contribution in [0.3, 0.4) is 0 Å². The van der Waals surface area contributed by atoms with Crippen LogP contribution in [0.4, 0.5) is 0 Å². The lowest BCUT2D eigenvalue weighted by atomic mass is 9.98. The summed E-state index contributed by atoms with van der Waals surface area (Å²) in [5.41, 5.74) is 1.36. The molecule has 0 aromatic carbocycles. The van der Waals surface area contributed by atoms with Crippen molar-refractivity contribution in [2.75, 3.05) is 20.1 Å². The number of carbonyl (C=O) groups excluding carboxylic acids is 1. The predicted octanol–water partition coefficient (Wildman–Crippen LogP) is 1.66. The van der Waals surface area contributed by atoms with Crippen molar-refractivity contribution in [1.29, 1.82) is 0 Å². The van der Waals surface area contributed by atoms with Gasteiger partial charge in [0.25, 0.3) is 0 Å². The summed E-state index contributed by atoms with van der Waals surface area (Å²) in [7, 11) is -0.268. The SMILES string of the molecule is CCn1ncc(Cl)c1CN(C)C(=O)[C@@H]1CCCN(S(=O)(=O)c2cnn(C)c2C)C1. The van der Waals surface area contributed by atoms with Gasteiger partial charge in [0.1, 0.15) is 4.90 Å². The zero-order valence-electron chi connectivity index (χ0n) is 17.2. The van der Waals surface area contributed by atoms with E-state index in [9.17, 15) is 13.2 Å². The molecule has 0 radical (unpaired) electrons.